The third kappa shape index (κ3) is 3.91. The Hall–Kier alpha value is 0.340. The van der Waals surface area contributed by atoms with Gasteiger partial charge >= 0.3 is 0 Å². The summed E-state index contributed by atoms with van der Waals surface area (Å²) >= 11 is 10.1. The molecule has 0 amide bonds. The normalized spacial score (nSPS) is 15.6. The number of halogens is 2. The lowest BCUT2D eigenvalue weighted by Crippen LogP contribution is -2.45. The number of rotatable bonds is 6. The first kappa shape index (κ1) is 16.4. The summed E-state index contributed by atoms with van der Waals surface area (Å²) in [6.45, 7) is 3.57. The summed E-state index contributed by atoms with van der Waals surface area (Å²) < 4.78 is 27.7. The molecule has 1 heterocycles. The van der Waals surface area contributed by atoms with E-state index in [9.17, 15) is 8.42 Å². The monoisotopic (exact) mass is 375 g/mol. The minimum Gasteiger partial charge on any atom is -0.396 e. The van der Waals surface area contributed by atoms with E-state index in [2.05, 4.69) is 20.7 Å². The van der Waals surface area contributed by atoms with Crippen LogP contribution in [0, 0.1) is 0 Å². The summed E-state index contributed by atoms with van der Waals surface area (Å²) in [7, 11) is -3.61. The zero-order valence-corrected chi connectivity index (χ0v) is 14.0. The fraction of sp³-hybridized carbons (Fsp3) is 0.600. The van der Waals surface area contributed by atoms with Gasteiger partial charge in [0.1, 0.15) is 4.21 Å². The molecule has 0 spiro atoms. The molecule has 0 aliphatic heterocycles. The Morgan fingerprint density at radius 3 is 2.61 bits per heavy atom. The number of sulfonamides is 1. The van der Waals surface area contributed by atoms with Crippen LogP contribution >= 0.6 is 38.9 Å². The van der Waals surface area contributed by atoms with Crippen molar-refractivity contribution in [3.63, 3.8) is 0 Å². The number of hydrogen-bond acceptors (Lipinski definition) is 4. The molecule has 0 fully saturated rings. The van der Waals surface area contributed by atoms with E-state index >= 15 is 0 Å². The molecule has 1 rings (SSSR count). The van der Waals surface area contributed by atoms with Gasteiger partial charge in [-0.1, -0.05) is 18.5 Å². The molecular weight excluding hydrogens is 362 g/mol. The molecule has 0 radical (unpaired) electrons. The van der Waals surface area contributed by atoms with E-state index in [1.807, 2.05) is 6.92 Å². The molecule has 0 saturated heterocycles. The molecular formula is C10H15BrClNO3S2. The highest BCUT2D eigenvalue weighted by Gasteiger charge is 2.30. The zero-order valence-electron chi connectivity index (χ0n) is 10.0. The number of hydrogen-bond donors (Lipinski definition) is 2. The Bertz CT molecular complexity index is 498. The second kappa shape index (κ2) is 6.19. The molecule has 104 valence electrons. The van der Waals surface area contributed by atoms with Crippen molar-refractivity contribution in [3.8, 4) is 0 Å². The molecule has 1 unspecified atom stereocenters. The lowest BCUT2D eigenvalue weighted by molar-refractivity contribution is 0.233. The van der Waals surface area contributed by atoms with Crippen LogP contribution in [0.5, 0.6) is 0 Å². The van der Waals surface area contributed by atoms with Gasteiger partial charge in [-0.05, 0) is 41.8 Å². The van der Waals surface area contributed by atoms with Gasteiger partial charge in [-0.3, -0.25) is 0 Å². The molecule has 2 N–H and O–H groups in total. The Morgan fingerprint density at radius 1 is 1.61 bits per heavy atom. The standard InChI is InChI=1S/C10H15BrClNO3S2/c1-3-10(2,4-5-14)13-18(15,16)8-6-7(12)9(11)17-8/h6,13-14H,3-5H2,1-2H3. The van der Waals surface area contributed by atoms with E-state index in [4.69, 9.17) is 16.7 Å². The minimum absolute atomic E-state index is 0.0677. The van der Waals surface area contributed by atoms with Gasteiger partial charge in [-0.25, -0.2) is 13.1 Å². The Kier molecular flexibility index (Phi) is 5.64. The first-order valence-corrected chi connectivity index (χ1v) is 8.81. The minimum atomic E-state index is -3.61. The second-order valence-corrected chi connectivity index (χ2v) is 8.87. The lowest BCUT2D eigenvalue weighted by Gasteiger charge is -2.28. The third-order valence-corrected chi connectivity index (χ3v) is 7.30. The largest absolute Gasteiger partial charge is 0.396 e. The Morgan fingerprint density at radius 2 is 2.22 bits per heavy atom. The predicted molar refractivity (Wildman–Crippen MR) is 77.7 cm³/mol. The molecule has 0 bridgehead atoms. The summed E-state index contributed by atoms with van der Waals surface area (Å²) in [5, 5.41) is 9.36. The number of aliphatic hydroxyl groups excluding tert-OH is 1. The maximum Gasteiger partial charge on any atom is 0.250 e. The van der Waals surface area contributed by atoms with Crippen molar-refractivity contribution >= 4 is 48.9 Å². The van der Waals surface area contributed by atoms with E-state index < -0.39 is 15.6 Å². The topological polar surface area (TPSA) is 66.4 Å². The molecule has 1 aromatic heterocycles. The quantitative estimate of drug-likeness (QED) is 0.802. The summed E-state index contributed by atoms with van der Waals surface area (Å²) in [6.07, 6.45) is 0.954. The van der Waals surface area contributed by atoms with E-state index in [0.717, 1.165) is 11.3 Å². The molecule has 0 saturated carbocycles. The van der Waals surface area contributed by atoms with Crippen molar-refractivity contribution in [2.24, 2.45) is 0 Å². The average molecular weight is 377 g/mol. The van der Waals surface area contributed by atoms with Crippen molar-refractivity contribution in [1.29, 1.82) is 0 Å². The van der Waals surface area contributed by atoms with Crippen LogP contribution in [0.25, 0.3) is 0 Å². The third-order valence-electron chi connectivity index (χ3n) is 2.71. The number of nitrogens with one attached hydrogen (secondary N) is 1. The highest BCUT2D eigenvalue weighted by Crippen LogP contribution is 2.35. The second-order valence-electron chi connectivity index (χ2n) is 4.18. The highest BCUT2D eigenvalue weighted by molar-refractivity contribution is 9.11. The van der Waals surface area contributed by atoms with Crippen LogP contribution in [0.2, 0.25) is 5.02 Å². The fourth-order valence-corrected chi connectivity index (χ4v) is 5.29. The van der Waals surface area contributed by atoms with E-state index in [1.54, 1.807) is 6.92 Å². The van der Waals surface area contributed by atoms with Crippen LogP contribution in [-0.4, -0.2) is 25.7 Å². The molecule has 4 nitrogen and oxygen atoms in total. The van der Waals surface area contributed by atoms with Gasteiger partial charge in [0.15, 0.2) is 0 Å². The SMILES string of the molecule is CCC(C)(CCO)NS(=O)(=O)c1cc(Cl)c(Br)s1. The molecule has 0 aliphatic rings. The van der Waals surface area contributed by atoms with E-state index in [-0.39, 0.29) is 10.8 Å². The van der Waals surface area contributed by atoms with Gasteiger partial charge in [-0.15, -0.1) is 11.3 Å². The zero-order chi connectivity index (χ0) is 14.0. The van der Waals surface area contributed by atoms with Gasteiger partial charge in [0, 0.05) is 12.1 Å². The van der Waals surface area contributed by atoms with Crippen LogP contribution in [-0.2, 0) is 10.0 Å². The molecule has 0 aromatic carbocycles. The Balaban J connectivity index is 3.01. The summed E-state index contributed by atoms with van der Waals surface area (Å²) in [6, 6.07) is 1.41. The van der Waals surface area contributed by atoms with Gasteiger partial charge < -0.3 is 5.11 Å². The van der Waals surface area contributed by atoms with Gasteiger partial charge in [0.2, 0.25) is 0 Å². The van der Waals surface area contributed by atoms with Gasteiger partial charge in [0.25, 0.3) is 10.0 Å². The molecule has 0 aliphatic carbocycles. The van der Waals surface area contributed by atoms with Crippen molar-refractivity contribution in [2.45, 2.75) is 36.4 Å². The predicted octanol–water partition coefficient (Wildman–Crippen LogP) is 2.99. The lowest BCUT2D eigenvalue weighted by atomic mass is 9.97. The van der Waals surface area contributed by atoms with Gasteiger partial charge in [0.05, 0.1) is 8.81 Å². The summed E-state index contributed by atoms with van der Waals surface area (Å²) in [4.78, 5) is 0. The van der Waals surface area contributed by atoms with E-state index in [1.165, 1.54) is 6.07 Å². The highest BCUT2D eigenvalue weighted by atomic mass is 79.9. The molecule has 1 atom stereocenters. The summed E-state index contributed by atoms with van der Waals surface area (Å²) in [5.41, 5.74) is -0.656. The number of thiophene rings is 1. The molecule has 18 heavy (non-hydrogen) atoms. The van der Waals surface area contributed by atoms with Crippen LogP contribution in [0.3, 0.4) is 0 Å². The Labute approximate surface area is 125 Å². The van der Waals surface area contributed by atoms with Crippen molar-refractivity contribution < 1.29 is 13.5 Å². The van der Waals surface area contributed by atoms with Crippen LogP contribution in [0.1, 0.15) is 26.7 Å². The first-order chi connectivity index (χ1) is 8.24. The van der Waals surface area contributed by atoms with Crippen molar-refractivity contribution in [2.75, 3.05) is 6.61 Å². The van der Waals surface area contributed by atoms with Crippen LogP contribution < -0.4 is 4.72 Å². The molecule has 8 heteroatoms. The molecule has 1 aromatic rings. The maximum atomic E-state index is 12.2. The summed E-state index contributed by atoms with van der Waals surface area (Å²) in [5.74, 6) is 0. The van der Waals surface area contributed by atoms with Crippen molar-refractivity contribution in [3.05, 3.63) is 14.9 Å². The number of aliphatic hydroxyl groups is 1. The maximum absolute atomic E-state index is 12.2. The van der Waals surface area contributed by atoms with Crippen LogP contribution in [0.15, 0.2) is 14.1 Å². The fourth-order valence-electron chi connectivity index (χ4n) is 1.38. The van der Waals surface area contributed by atoms with Crippen LogP contribution in [0.4, 0.5) is 0 Å². The smallest absolute Gasteiger partial charge is 0.250 e. The average Bonchev–Trinajstić information content (AvgIpc) is 2.60. The van der Waals surface area contributed by atoms with Crippen molar-refractivity contribution in [1.82, 2.24) is 4.72 Å². The van der Waals surface area contributed by atoms with E-state index in [0.29, 0.717) is 21.7 Å². The van der Waals surface area contributed by atoms with Gasteiger partial charge in [-0.2, -0.15) is 0 Å². The first-order valence-electron chi connectivity index (χ1n) is 5.34.